The van der Waals surface area contributed by atoms with E-state index in [2.05, 4.69) is 10.3 Å². The summed E-state index contributed by atoms with van der Waals surface area (Å²) >= 11 is 0. The van der Waals surface area contributed by atoms with Crippen molar-refractivity contribution in [1.29, 1.82) is 0 Å². The summed E-state index contributed by atoms with van der Waals surface area (Å²) in [5.41, 5.74) is 2.47. The van der Waals surface area contributed by atoms with Gasteiger partial charge in [0.2, 0.25) is 0 Å². The van der Waals surface area contributed by atoms with Gasteiger partial charge in [-0.25, -0.2) is 10.2 Å². The van der Waals surface area contributed by atoms with Crippen molar-refractivity contribution in [2.45, 2.75) is 6.54 Å². The number of Topliss-reactive ketones (excluding diaryl/α,β-unsaturated/α-hetero) is 1. The van der Waals surface area contributed by atoms with Gasteiger partial charge >= 0.3 is 0 Å². The Morgan fingerprint density at radius 1 is 1.30 bits per heavy atom. The lowest BCUT2D eigenvalue weighted by Crippen LogP contribution is -2.14. The first kappa shape index (κ1) is 13.6. The summed E-state index contributed by atoms with van der Waals surface area (Å²) in [4.78, 5) is 22.7. The fourth-order valence-corrected chi connectivity index (χ4v) is 1.53. The molecule has 7 heteroatoms. The zero-order valence-corrected chi connectivity index (χ0v) is 10.4. The summed E-state index contributed by atoms with van der Waals surface area (Å²) in [5.74, 6) is -0.751. The predicted octanol–water partition coefficient (Wildman–Crippen LogP) is 0.680. The Morgan fingerprint density at radius 3 is 2.75 bits per heavy atom. The molecule has 0 saturated heterocycles. The Bertz CT molecular complexity index is 634. The molecule has 0 unspecified atom stereocenters. The lowest BCUT2D eigenvalue weighted by molar-refractivity contribution is -0.124. The summed E-state index contributed by atoms with van der Waals surface area (Å²) in [6.07, 6.45) is 4.01. The van der Waals surface area contributed by atoms with Crippen molar-refractivity contribution >= 4 is 17.8 Å². The van der Waals surface area contributed by atoms with Crippen LogP contribution in [0.25, 0.3) is 6.08 Å². The molecule has 0 aliphatic rings. The maximum atomic E-state index is 11.9. The highest BCUT2D eigenvalue weighted by molar-refractivity contribution is 5.95. The fraction of sp³-hybridized carbons (Fsp3) is 0.0769. The second-order valence-corrected chi connectivity index (χ2v) is 3.94. The molecule has 1 heterocycles. The number of nitrogens with one attached hydrogen (secondary N) is 1. The highest BCUT2D eigenvalue weighted by Gasteiger charge is 2.07. The first-order valence-corrected chi connectivity index (χ1v) is 5.79. The van der Waals surface area contributed by atoms with E-state index in [0.717, 1.165) is 6.08 Å². The van der Waals surface area contributed by atoms with E-state index in [9.17, 15) is 9.59 Å². The van der Waals surface area contributed by atoms with E-state index in [-0.39, 0.29) is 12.3 Å². The fourth-order valence-electron chi connectivity index (χ4n) is 1.53. The number of hydrogen-bond acceptors (Lipinski definition) is 5. The summed E-state index contributed by atoms with van der Waals surface area (Å²) < 4.78 is 1.38. The molecule has 0 bridgehead atoms. The maximum absolute atomic E-state index is 11.9. The van der Waals surface area contributed by atoms with Gasteiger partial charge in [-0.05, 0) is 6.08 Å². The van der Waals surface area contributed by atoms with Gasteiger partial charge in [0.25, 0.3) is 5.91 Å². The number of hydrogen-bond donors (Lipinski definition) is 2. The zero-order chi connectivity index (χ0) is 14.4. The van der Waals surface area contributed by atoms with Gasteiger partial charge in [-0.1, -0.05) is 35.5 Å². The average Bonchev–Trinajstić information content (AvgIpc) is 2.93. The Labute approximate surface area is 114 Å². The largest absolute Gasteiger partial charge is 0.292 e. The normalized spacial score (nSPS) is 10.7. The zero-order valence-electron chi connectivity index (χ0n) is 10.4. The van der Waals surface area contributed by atoms with Crippen molar-refractivity contribution in [3.63, 3.8) is 0 Å². The molecule has 0 saturated carbocycles. The van der Waals surface area contributed by atoms with Crippen LogP contribution in [0.1, 0.15) is 16.1 Å². The third-order valence-corrected chi connectivity index (χ3v) is 2.47. The van der Waals surface area contributed by atoms with E-state index < -0.39 is 5.91 Å². The molecule has 0 atom stereocenters. The molecular formula is C13H12N4O3. The van der Waals surface area contributed by atoms with Gasteiger partial charge in [0.05, 0.1) is 6.20 Å². The summed E-state index contributed by atoms with van der Waals surface area (Å²) in [5, 5.41) is 15.9. The van der Waals surface area contributed by atoms with Gasteiger partial charge < -0.3 is 0 Å². The molecule has 0 spiro atoms. The molecule has 7 nitrogen and oxygen atoms in total. The molecule has 1 aromatic heterocycles. The van der Waals surface area contributed by atoms with E-state index in [1.165, 1.54) is 22.4 Å². The van der Waals surface area contributed by atoms with Crippen molar-refractivity contribution in [3.8, 4) is 0 Å². The van der Waals surface area contributed by atoms with Crippen molar-refractivity contribution in [1.82, 2.24) is 20.5 Å². The van der Waals surface area contributed by atoms with Crippen LogP contribution in [0.15, 0.2) is 42.6 Å². The Kier molecular flexibility index (Phi) is 4.35. The number of rotatable bonds is 5. The van der Waals surface area contributed by atoms with Crippen LogP contribution in [0.2, 0.25) is 0 Å². The van der Waals surface area contributed by atoms with Gasteiger partial charge in [0, 0.05) is 11.6 Å². The van der Waals surface area contributed by atoms with Crippen LogP contribution in [0.3, 0.4) is 0 Å². The van der Waals surface area contributed by atoms with Gasteiger partial charge in [-0.3, -0.25) is 14.8 Å². The van der Waals surface area contributed by atoms with E-state index in [0.29, 0.717) is 11.3 Å². The van der Waals surface area contributed by atoms with E-state index in [1.807, 2.05) is 6.07 Å². The van der Waals surface area contributed by atoms with Crippen LogP contribution in [-0.4, -0.2) is 31.9 Å². The number of carbonyl (C=O) groups excluding carboxylic acids is 2. The molecule has 0 radical (unpaired) electrons. The minimum atomic E-state index is -0.667. The SMILES string of the molecule is O=C(/C=C/c1cn(CC(=O)c2ccccc2)nn1)NO. The number of nitrogens with zero attached hydrogens (tertiary/aromatic N) is 3. The van der Waals surface area contributed by atoms with Gasteiger partial charge in [0.15, 0.2) is 5.78 Å². The van der Waals surface area contributed by atoms with E-state index >= 15 is 0 Å². The standard InChI is InChI=1S/C13H12N4O3/c18-12(10-4-2-1-3-5-10)9-17-8-11(14-16-17)6-7-13(19)15-20/h1-8,20H,9H2,(H,15,19)/b7-6+. The summed E-state index contributed by atoms with van der Waals surface area (Å²) in [6, 6.07) is 8.87. The molecule has 0 fully saturated rings. The average molecular weight is 272 g/mol. The monoisotopic (exact) mass is 272 g/mol. The van der Waals surface area contributed by atoms with Gasteiger partial charge in [-0.2, -0.15) is 0 Å². The van der Waals surface area contributed by atoms with Crippen LogP contribution >= 0.6 is 0 Å². The van der Waals surface area contributed by atoms with Gasteiger partial charge in [-0.15, -0.1) is 5.10 Å². The number of aromatic nitrogens is 3. The molecular weight excluding hydrogens is 260 g/mol. The molecule has 1 amide bonds. The number of hydroxylamine groups is 1. The second kappa shape index (κ2) is 6.39. The third kappa shape index (κ3) is 3.59. The number of carbonyl (C=O) groups is 2. The molecule has 102 valence electrons. The minimum Gasteiger partial charge on any atom is -0.292 e. The number of benzene rings is 1. The van der Waals surface area contributed by atoms with E-state index in [1.54, 1.807) is 24.3 Å². The maximum Gasteiger partial charge on any atom is 0.267 e. The van der Waals surface area contributed by atoms with Crippen LogP contribution in [0.5, 0.6) is 0 Å². The van der Waals surface area contributed by atoms with E-state index in [4.69, 9.17) is 5.21 Å². The number of amides is 1. The molecule has 0 aliphatic heterocycles. The molecule has 2 N–H and O–H groups in total. The van der Waals surface area contributed by atoms with Crippen molar-refractivity contribution < 1.29 is 14.8 Å². The van der Waals surface area contributed by atoms with Crippen LogP contribution in [-0.2, 0) is 11.3 Å². The molecule has 1 aromatic carbocycles. The third-order valence-electron chi connectivity index (χ3n) is 2.47. The van der Waals surface area contributed by atoms with Crippen molar-refractivity contribution in [2.75, 3.05) is 0 Å². The topological polar surface area (TPSA) is 97.1 Å². The lowest BCUT2D eigenvalue weighted by atomic mass is 10.1. The predicted molar refractivity (Wildman–Crippen MR) is 69.8 cm³/mol. The van der Waals surface area contributed by atoms with Crippen LogP contribution in [0, 0.1) is 0 Å². The minimum absolute atomic E-state index is 0.0665. The number of ketones is 1. The Hall–Kier alpha value is -2.80. The lowest BCUT2D eigenvalue weighted by Gasteiger charge is -1.99. The second-order valence-electron chi connectivity index (χ2n) is 3.94. The first-order chi connectivity index (χ1) is 9.69. The molecule has 0 aliphatic carbocycles. The first-order valence-electron chi connectivity index (χ1n) is 5.79. The molecule has 2 aromatic rings. The van der Waals surface area contributed by atoms with Crippen LogP contribution < -0.4 is 5.48 Å². The van der Waals surface area contributed by atoms with Crippen molar-refractivity contribution in [2.24, 2.45) is 0 Å². The summed E-state index contributed by atoms with van der Waals surface area (Å²) in [6.45, 7) is 0.0665. The van der Waals surface area contributed by atoms with Gasteiger partial charge in [0.1, 0.15) is 12.2 Å². The van der Waals surface area contributed by atoms with Crippen molar-refractivity contribution in [3.05, 3.63) is 53.9 Å². The van der Waals surface area contributed by atoms with Crippen LogP contribution in [0.4, 0.5) is 0 Å². The highest BCUT2D eigenvalue weighted by Crippen LogP contribution is 2.03. The quantitative estimate of drug-likeness (QED) is 0.361. The Morgan fingerprint density at radius 2 is 2.05 bits per heavy atom. The smallest absolute Gasteiger partial charge is 0.267 e. The molecule has 20 heavy (non-hydrogen) atoms. The highest BCUT2D eigenvalue weighted by atomic mass is 16.5. The summed E-state index contributed by atoms with van der Waals surface area (Å²) in [7, 11) is 0. The molecule has 2 rings (SSSR count). The Balaban J connectivity index is 2.01.